The second kappa shape index (κ2) is 9.52. The summed E-state index contributed by atoms with van der Waals surface area (Å²) in [5.41, 5.74) is 13.1. The van der Waals surface area contributed by atoms with Crippen molar-refractivity contribution in [2.45, 2.75) is 6.92 Å². The van der Waals surface area contributed by atoms with Crippen LogP contribution in [0.25, 0.3) is 22.0 Å². The summed E-state index contributed by atoms with van der Waals surface area (Å²) in [4.78, 5) is 9.95. The van der Waals surface area contributed by atoms with Crippen LogP contribution in [-0.2, 0) is 4.74 Å². The van der Waals surface area contributed by atoms with Gasteiger partial charge in [0.15, 0.2) is 0 Å². The van der Waals surface area contributed by atoms with Crippen molar-refractivity contribution in [3.63, 3.8) is 0 Å². The van der Waals surface area contributed by atoms with Crippen molar-refractivity contribution in [1.82, 2.24) is 14.9 Å². The highest BCUT2D eigenvalue weighted by molar-refractivity contribution is 5.93. The predicted molar refractivity (Wildman–Crippen MR) is 133 cm³/mol. The first-order chi connectivity index (χ1) is 16.2. The van der Waals surface area contributed by atoms with Crippen LogP contribution < -0.4 is 15.8 Å². The number of hydrogen-bond acceptors (Lipinski definition) is 6. The lowest BCUT2D eigenvalue weighted by molar-refractivity contribution is 0.0322. The number of anilines is 3. The largest absolute Gasteiger partial charge is 0.492 e. The number of morpholine rings is 1. The van der Waals surface area contributed by atoms with Gasteiger partial charge in [0.05, 0.1) is 30.8 Å². The summed E-state index contributed by atoms with van der Waals surface area (Å²) in [6.45, 7) is 7.22. The number of nitrogens with two attached hydrogens (primary N) is 1. The average molecular weight is 444 g/mol. The highest BCUT2D eigenvalue weighted by atomic mass is 16.5. The van der Waals surface area contributed by atoms with E-state index in [1.165, 1.54) is 10.9 Å². The van der Waals surface area contributed by atoms with Crippen LogP contribution in [0.5, 0.6) is 5.75 Å². The molecule has 0 atom stereocenters. The molecule has 7 heteroatoms. The van der Waals surface area contributed by atoms with Crippen molar-refractivity contribution >= 4 is 28.0 Å². The highest BCUT2D eigenvalue weighted by Crippen LogP contribution is 2.36. The molecule has 1 saturated heterocycles. The van der Waals surface area contributed by atoms with Crippen molar-refractivity contribution in [2.75, 3.05) is 50.5 Å². The van der Waals surface area contributed by atoms with Gasteiger partial charge in [-0.1, -0.05) is 12.1 Å². The van der Waals surface area contributed by atoms with E-state index < -0.39 is 0 Å². The Labute approximate surface area is 193 Å². The molecule has 0 bridgehead atoms. The van der Waals surface area contributed by atoms with Crippen LogP contribution >= 0.6 is 0 Å². The van der Waals surface area contributed by atoms with Crippen LogP contribution in [0.2, 0.25) is 0 Å². The molecule has 0 aliphatic carbocycles. The second-order valence-electron chi connectivity index (χ2n) is 8.28. The molecule has 0 amide bonds. The molecule has 0 unspecified atom stereocenters. The van der Waals surface area contributed by atoms with Crippen LogP contribution in [0.15, 0.2) is 61.1 Å². The maximum absolute atomic E-state index is 6.35. The number of aromatic nitrogens is 2. The number of ether oxygens (including phenoxy) is 2. The van der Waals surface area contributed by atoms with Crippen molar-refractivity contribution in [2.24, 2.45) is 0 Å². The number of nitrogens with one attached hydrogen (secondary N) is 2. The number of aromatic amines is 1. The fourth-order valence-corrected chi connectivity index (χ4v) is 4.24. The van der Waals surface area contributed by atoms with Gasteiger partial charge in [0.25, 0.3) is 0 Å². The van der Waals surface area contributed by atoms with E-state index in [2.05, 4.69) is 45.3 Å². The number of nitrogen functional groups attached to an aromatic ring is 1. The maximum atomic E-state index is 6.35. The Morgan fingerprint density at radius 2 is 1.91 bits per heavy atom. The number of benzene rings is 2. The Kier molecular flexibility index (Phi) is 6.15. The zero-order valence-corrected chi connectivity index (χ0v) is 18.8. The first kappa shape index (κ1) is 21.3. The third-order valence-corrected chi connectivity index (χ3v) is 6.18. The van der Waals surface area contributed by atoms with Crippen LogP contribution in [0.3, 0.4) is 0 Å². The Morgan fingerprint density at radius 3 is 2.73 bits per heavy atom. The first-order valence-corrected chi connectivity index (χ1v) is 11.3. The molecule has 0 radical (unpaired) electrons. The quantitative estimate of drug-likeness (QED) is 0.388. The number of aryl methyl sites for hydroxylation is 1. The topological polar surface area (TPSA) is 88.4 Å². The Hall–Kier alpha value is -3.55. The molecule has 4 N–H and O–H groups in total. The second-order valence-corrected chi connectivity index (χ2v) is 8.28. The Balaban J connectivity index is 1.33. The minimum atomic E-state index is 0.604. The molecule has 7 nitrogen and oxygen atoms in total. The molecular formula is C26H29N5O2. The van der Waals surface area contributed by atoms with Gasteiger partial charge < -0.3 is 25.5 Å². The molecule has 0 spiro atoms. The van der Waals surface area contributed by atoms with E-state index in [0.717, 1.165) is 66.6 Å². The summed E-state index contributed by atoms with van der Waals surface area (Å²) in [6.07, 6.45) is 5.48. The minimum Gasteiger partial charge on any atom is -0.492 e. The highest BCUT2D eigenvalue weighted by Gasteiger charge is 2.13. The molecule has 33 heavy (non-hydrogen) atoms. The van der Waals surface area contributed by atoms with Gasteiger partial charge in [0.1, 0.15) is 12.4 Å². The van der Waals surface area contributed by atoms with Crippen molar-refractivity contribution < 1.29 is 9.47 Å². The van der Waals surface area contributed by atoms with E-state index in [9.17, 15) is 0 Å². The number of H-pyrrole nitrogens is 1. The standard InChI is InChI=1S/C26H29N5O2/c1-18-21-8-9-29-25(21)7-6-24(18)30-26-22(16-28-17-23(26)27)19-2-4-20(5-3-19)33-15-12-31-10-13-32-14-11-31/h2-9,16-17,29H,10-15,27H2,1H3,(H,28,30). The van der Waals surface area contributed by atoms with E-state index in [1.807, 2.05) is 36.7 Å². The molecule has 1 aliphatic heterocycles. The van der Waals surface area contributed by atoms with Gasteiger partial charge in [-0.05, 0) is 48.4 Å². The monoisotopic (exact) mass is 443 g/mol. The molecular weight excluding hydrogens is 414 g/mol. The molecule has 3 heterocycles. The van der Waals surface area contributed by atoms with Gasteiger partial charge in [0.2, 0.25) is 0 Å². The Bertz CT molecular complexity index is 1230. The zero-order chi connectivity index (χ0) is 22.6. The normalized spacial score (nSPS) is 14.5. The molecule has 5 rings (SSSR count). The number of pyridine rings is 1. The predicted octanol–water partition coefficient (Wildman–Crippen LogP) is 4.58. The third-order valence-electron chi connectivity index (χ3n) is 6.18. The minimum absolute atomic E-state index is 0.604. The first-order valence-electron chi connectivity index (χ1n) is 11.3. The van der Waals surface area contributed by atoms with Gasteiger partial charge in [-0.15, -0.1) is 0 Å². The van der Waals surface area contributed by atoms with Crippen molar-refractivity contribution in [3.05, 3.63) is 66.6 Å². The van der Waals surface area contributed by atoms with Crippen LogP contribution in [0, 0.1) is 6.92 Å². The maximum Gasteiger partial charge on any atom is 0.119 e. The van der Waals surface area contributed by atoms with Crippen LogP contribution in [0.4, 0.5) is 17.1 Å². The fourth-order valence-electron chi connectivity index (χ4n) is 4.24. The summed E-state index contributed by atoms with van der Waals surface area (Å²) in [6, 6.07) is 14.3. The van der Waals surface area contributed by atoms with Gasteiger partial charge in [0, 0.05) is 54.2 Å². The van der Waals surface area contributed by atoms with Gasteiger partial charge in [-0.3, -0.25) is 9.88 Å². The van der Waals surface area contributed by atoms with Crippen molar-refractivity contribution in [1.29, 1.82) is 0 Å². The molecule has 2 aromatic carbocycles. The lowest BCUT2D eigenvalue weighted by atomic mass is 10.0. The van der Waals surface area contributed by atoms with E-state index >= 15 is 0 Å². The third kappa shape index (κ3) is 4.65. The van der Waals surface area contributed by atoms with Crippen LogP contribution in [-0.4, -0.2) is 54.3 Å². The number of fused-ring (bicyclic) bond motifs is 1. The molecule has 2 aromatic heterocycles. The summed E-state index contributed by atoms with van der Waals surface area (Å²) >= 11 is 0. The van der Waals surface area contributed by atoms with E-state index in [0.29, 0.717) is 12.3 Å². The summed E-state index contributed by atoms with van der Waals surface area (Å²) in [5.74, 6) is 0.854. The lowest BCUT2D eigenvalue weighted by Gasteiger charge is -2.26. The SMILES string of the molecule is Cc1c(Nc2c(N)cncc2-c2ccc(OCCN3CCOCC3)cc2)ccc2[nH]ccc12. The van der Waals surface area contributed by atoms with Gasteiger partial charge in [-0.25, -0.2) is 0 Å². The summed E-state index contributed by atoms with van der Waals surface area (Å²) in [7, 11) is 0. The van der Waals surface area contributed by atoms with Crippen LogP contribution in [0.1, 0.15) is 5.56 Å². The molecule has 1 fully saturated rings. The van der Waals surface area contributed by atoms with E-state index in [-0.39, 0.29) is 0 Å². The summed E-state index contributed by atoms with van der Waals surface area (Å²) in [5, 5.41) is 4.74. The summed E-state index contributed by atoms with van der Waals surface area (Å²) < 4.78 is 11.4. The molecule has 0 saturated carbocycles. The van der Waals surface area contributed by atoms with E-state index in [4.69, 9.17) is 15.2 Å². The van der Waals surface area contributed by atoms with Gasteiger partial charge in [-0.2, -0.15) is 0 Å². The molecule has 170 valence electrons. The van der Waals surface area contributed by atoms with Gasteiger partial charge >= 0.3 is 0 Å². The molecule has 1 aliphatic rings. The zero-order valence-electron chi connectivity index (χ0n) is 18.8. The van der Waals surface area contributed by atoms with E-state index in [1.54, 1.807) is 6.20 Å². The lowest BCUT2D eigenvalue weighted by Crippen LogP contribution is -2.38. The van der Waals surface area contributed by atoms with Crippen molar-refractivity contribution in [3.8, 4) is 16.9 Å². The Morgan fingerprint density at radius 1 is 1.09 bits per heavy atom. The smallest absolute Gasteiger partial charge is 0.119 e. The molecule has 4 aromatic rings. The number of rotatable bonds is 7. The number of nitrogens with zero attached hydrogens (tertiary/aromatic N) is 2. The average Bonchev–Trinajstić information content (AvgIpc) is 3.33. The fraction of sp³-hybridized carbons (Fsp3) is 0.269. The number of hydrogen-bond donors (Lipinski definition) is 3.